The predicted octanol–water partition coefficient (Wildman–Crippen LogP) is 0.394. The van der Waals surface area contributed by atoms with Crippen LogP contribution in [0.3, 0.4) is 0 Å². The van der Waals surface area contributed by atoms with E-state index in [4.69, 9.17) is 0 Å². The third-order valence-corrected chi connectivity index (χ3v) is 4.64. The summed E-state index contributed by atoms with van der Waals surface area (Å²) in [7, 11) is 0. The van der Waals surface area contributed by atoms with Crippen LogP contribution < -0.4 is 5.56 Å². The molecule has 2 atom stereocenters. The average Bonchev–Trinajstić information content (AvgIpc) is 2.83. The highest BCUT2D eigenvalue weighted by atomic mass is 32.2. The molecule has 1 amide bonds. The molecule has 20 heavy (non-hydrogen) atoms. The minimum Gasteiger partial charge on any atom is -0.480 e. The summed E-state index contributed by atoms with van der Waals surface area (Å²) in [4.78, 5) is 36.1. The van der Waals surface area contributed by atoms with Gasteiger partial charge in [0.15, 0.2) is 0 Å². The van der Waals surface area contributed by atoms with Gasteiger partial charge in [0.25, 0.3) is 11.5 Å². The number of carbonyl (C=O) groups is 2. The van der Waals surface area contributed by atoms with Crippen molar-refractivity contribution in [2.45, 2.75) is 25.3 Å². The van der Waals surface area contributed by atoms with Gasteiger partial charge >= 0.3 is 5.97 Å². The van der Waals surface area contributed by atoms with Gasteiger partial charge in [-0.3, -0.25) is 9.59 Å². The first-order chi connectivity index (χ1) is 9.41. The number of aliphatic carboxylic acids is 1. The molecule has 108 valence electrons. The van der Waals surface area contributed by atoms with Gasteiger partial charge in [0, 0.05) is 11.8 Å². The lowest BCUT2D eigenvalue weighted by atomic mass is 10.1. The fourth-order valence-electron chi connectivity index (χ4n) is 2.08. The van der Waals surface area contributed by atoms with Crippen molar-refractivity contribution in [3.63, 3.8) is 0 Å². The van der Waals surface area contributed by atoms with Gasteiger partial charge in [-0.25, -0.2) is 9.89 Å². The Morgan fingerprint density at radius 2 is 2.20 bits per heavy atom. The van der Waals surface area contributed by atoms with E-state index >= 15 is 0 Å². The number of carboxylic acid groups (broad SMARTS) is 1. The minimum atomic E-state index is -1.03. The van der Waals surface area contributed by atoms with E-state index < -0.39 is 23.5 Å². The van der Waals surface area contributed by atoms with Crippen LogP contribution in [-0.2, 0) is 4.79 Å². The van der Waals surface area contributed by atoms with Crippen molar-refractivity contribution in [1.82, 2.24) is 15.1 Å². The van der Waals surface area contributed by atoms with Crippen molar-refractivity contribution >= 4 is 23.6 Å². The van der Waals surface area contributed by atoms with Gasteiger partial charge in [-0.05, 0) is 12.0 Å². The average molecular weight is 297 g/mol. The molecule has 0 saturated carbocycles. The van der Waals surface area contributed by atoms with Crippen molar-refractivity contribution in [1.29, 1.82) is 0 Å². The number of rotatable bonds is 3. The molecule has 2 N–H and O–H groups in total. The molecule has 0 aromatic carbocycles. The van der Waals surface area contributed by atoms with Crippen LogP contribution in [0.15, 0.2) is 16.9 Å². The number of carboxylic acids is 1. The van der Waals surface area contributed by atoms with E-state index in [1.807, 2.05) is 13.8 Å². The summed E-state index contributed by atoms with van der Waals surface area (Å²) in [5, 5.41) is 14.9. The standard InChI is InChI=1S/C12H15N3O4S/c1-6(2)11-15(8(5-20-11)12(18)19)10(17)7-3-4-9(16)14-13-7/h3-4,6,8,11H,5H2,1-2H3,(H,14,16)(H,18,19). The quantitative estimate of drug-likeness (QED) is 0.836. The van der Waals surface area contributed by atoms with Crippen molar-refractivity contribution in [2.24, 2.45) is 5.92 Å². The third-order valence-electron chi connectivity index (χ3n) is 3.02. The Bertz CT molecular complexity index is 566. The van der Waals surface area contributed by atoms with Crippen LogP contribution in [0.25, 0.3) is 0 Å². The molecular formula is C12H15N3O4S. The molecule has 7 nitrogen and oxygen atoms in total. The Morgan fingerprint density at radius 1 is 1.50 bits per heavy atom. The lowest BCUT2D eigenvalue weighted by Gasteiger charge is -2.29. The Hall–Kier alpha value is -1.83. The van der Waals surface area contributed by atoms with Crippen molar-refractivity contribution in [3.05, 3.63) is 28.2 Å². The molecular weight excluding hydrogens is 282 g/mol. The van der Waals surface area contributed by atoms with Gasteiger partial charge in [-0.2, -0.15) is 5.10 Å². The fourth-order valence-corrected chi connectivity index (χ4v) is 3.56. The molecule has 2 unspecified atom stereocenters. The largest absolute Gasteiger partial charge is 0.480 e. The second-order valence-electron chi connectivity index (χ2n) is 4.84. The van der Waals surface area contributed by atoms with E-state index in [9.17, 15) is 19.5 Å². The van der Waals surface area contributed by atoms with Crippen molar-refractivity contribution < 1.29 is 14.7 Å². The smallest absolute Gasteiger partial charge is 0.327 e. The fraction of sp³-hybridized carbons (Fsp3) is 0.500. The van der Waals surface area contributed by atoms with E-state index in [0.29, 0.717) is 5.75 Å². The summed E-state index contributed by atoms with van der Waals surface area (Å²) >= 11 is 1.45. The summed E-state index contributed by atoms with van der Waals surface area (Å²) < 4.78 is 0. The van der Waals surface area contributed by atoms with Crippen LogP contribution in [0.5, 0.6) is 0 Å². The maximum Gasteiger partial charge on any atom is 0.327 e. The first-order valence-corrected chi connectivity index (χ1v) is 7.19. The SMILES string of the molecule is CC(C)C1SCC(C(=O)O)N1C(=O)c1ccc(=O)[nH]n1. The van der Waals surface area contributed by atoms with Crippen LogP contribution in [0.4, 0.5) is 0 Å². The number of nitrogens with zero attached hydrogens (tertiary/aromatic N) is 2. The summed E-state index contributed by atoms with van der Waals surface area (Å²) in [6.07, 6.45) is 0. The highest BCUT2D eigenvalue weighted by Crippen LogP contribution is 2.34. The number of amides is 1. The number of thioether (sulfide) groups is 1. The van der Waals surface area contributed by atoms with Gasteiger partial charge in [0.05, 0.1) is 5.37 Å². The summed E-state index contributed by atoms with van der Waals surface area (Å²) in [6, 6.07) is 1.64. The van der Waals surface area contributed by atoms with Crippen LogP contribution in [0, 0.1) is 5.92 Å². The molecule has 1 fully saturated rings. The first-order valence-electron chi connectivity index (χ1n) is 6.14. The molecule has 1 aliphatic rings. The van der Waals surface area contributed by atoms with E-state index in [0.717, 1.165) is 0 Å². The Kier molecular flexibility index (Phi) is 4.12. The molecule has 0 bridgehead atoms. The monoisotopic (exact) mass is 297 g/mol. The Morgan fingerprint density at radius 3 is 2.70 bits per heavy atom. The van der Waals surface area contributed by atoms with Crippen LogP contribution in [0.1, 0.15) is 24.3 Å². The number of hydrogen-bond acceptors (Lipinski definition) is 5. The third kappa shape index (κ3) is 2.69. The van der Waals surface area contributed by atoms with Gasteiger partial charge in [0.1, 0.15) is 11.7 Å². The van der Waals surface area contributed by atoms with Crippen LogP contribution in [-0.4, -0.2) is 49.2 Å². The zero-order valence-electron chi connectivity index (χ0n) is 11.1. The molecule has 0 radical (unpaired) electrons. The molecule has 1 aromatic heterocycles. The van der Waals surface area contributed by atoms with Gasteiger partial charge in [-0.15, -0.1) is 11.8 Å². The lowest BCUT2D eigenvalue weighted by Crippen LogP contribution is -2.47. The lowest BCUT2D eigenvalue weighted by molar-refractivity contribution is -0.141. The van der Waals surface area contributed by atoms with E-state index in [-0.39, 0.29) is 17.0 Å². The molecule has 0 aliphatic carbocycles. The molecule has 1 aromatic rings. The van der Waals surface area contributed by atoms with Gasteiger partial charge in [-0.1, -0.05) is 13.8 Å². The number of carbonyl (C=O) groups excluding carboxylic acids is 1. The molecule has 0 spiro atoms. The molecule has 1 saturated heterocycles. The minimum absolute atomic E-state index is 0.0454. The van der Waals surface area contributed by atoms with Crippen molar-refractivity contribution in [3.8, 4) is 0 Å². The number of H-pyrrole nitrogens is 1. The van der Waals surface area contributed by atoms with E-state index in [2.05, 4.69) is 10.2 Å². The maximum absolute atomic E-state index is 12.5. The highest BCUT2D eigenvalue weighted by molar-refractivity contribution is 8.00. The number of hydrogen-bond donors (Lipinski definition) is 2. The molecule has 2 heterocycles. The normalized spacial score (nSPS) is 22.2. The molecule has 2 rings (SSSR count). The summed E-state index contributed by atoms with van der Waals surface area (Å²) in [5.74, 6) is -1.03. The number of aromatic nitrogens is 2. The Balaban J connectivity index is 2.34. The molecule has 1 aliphatic heterocycles. The second kappa shape index (κ2) is 5.66. The van der Waals surface area contributed by atoms with Crippen molar-refractivity contribution in [2.75, 3.05) is 5.75 Å². The van der Waals surface area contributed by atoms with Crippen LogP contribution >= 0.6 is 11.8 Å². The van der Waals surface area contributed by atoms with Crippen LogP contribution in [0.2, 0.25) is 0 Å². The number of aromatic amines is 1. The van der Waals surface area contributed by atoms with E-state index in [1.165, 1.54) is 28.8 Å². The maximum atomic E-state index is 12.5. The predicted molar refractivity (Wildman–Crippen MR) is 73.5 cm³/mol. The number of nitrogens with one attached hydrogen (secondary N) is 1. The van der Waals surface area contributed by atoms with E-state index in [1.54, 1.807) is 0 Å². The van der Waals surface area contributed by atoms with Gasteiger partial charge < -0.3 is 10.0 Å². The second-order valence-corrected chi connectivity index (χ2v) is 5.99. The Labute approximate surface area is 119 Å². The summed E-state index contributed by atoms with van der Waals surface area (Å²) in [6.45, 7) is 3.87. The zero-order valence-corrected chi connectivity index (χ0v) is 11.9. The molecule has 8 heteroatoms. The summed E-state index contributed by atoms with van der Waals surface area (Å²) in [5.41, 5.74) is -0.364. The van der Waals surface area contributed by atoms with Gasteiger partial charge in [0.2, 0.25) is 0 Å². The first kappa shape index (κ1) is 14.6. The highest BCUT2D eigenvalue weighted by Gasteiger charge is 2.43. The zero-order chi connectivity index (χ0) is 14.9. The topological polar surface area (TPSA) is 103 Å².